The summed E-state index contributed by atoms with van der Waals surface area (Å²) in [6, 6.07) is 0. The average molecular weight is 280 g/mol. The van der Waals surface area contributed by atoms with E-state index in [-0.39, 0.29) is 5.25 Å². The third-order valence-corrected chi connectivity index (χ3v) is 6.84. The van der Waals surface area contributed by atoms with Crippen LogP contribution in [0.3, 0.4) is 0 Å². The van der Waals surface area contributed by atoms with Gasteiger partial charge < -0.3 is 0 Å². The first-order valence-corrected chi connectivity index (χ1v) is 8.73. The highest BCUT2D eigenvalue weighted by atomic mass is 35.5. The molecule has 0 spiro atoms. The second kappa shape index (κ2) is 5.89. The van der Waals surface area contributed by atoms with Crippen LogP contribution in [0.5, 0.6) is 0 Å². The van der Waals surface area contributed by atoms with Crippen molar-refractivity contribution in [1.29, 1.82) is 0 Å². The highest BCUT2D eigenvalue weighted by Crippen LogP contribution is 2.29. The zero-order chi connectivity index (χ0) is 12.3. The fourth-order valence-corrected chi connectivity index (χ4v) is 5.36. The Morgan fingerprint density at radius 1 is 1.06 bits per heavy atom. The summed E-state index contributed by atoms with van der Waals surface area (Å²) in [6.45, 7) is 1.34. The predicted octanol–water partition coefficient (Wildman–Crippen LogP) is 2.60. The molecule has 100 valence electrons. The van der Waals surface area contributed by atoms with E-state index >= 15 is 0 Å². The quantitative estimate of drug-likeness (QED) is 0.745. The molecule has 1 saturated heterocycles. The summed E-state index contributed by atoms with van der Waals surface area (Å²) in [5, 5.41) is -0.120. The summed E-state index contributed by atoms with van der Waals surface area (Å²) in [6.07, 6.45) is 7.06. The van der Waals surface area contributed by atoms with Gasteiger partial charge in [-0.1, -0.05) is 19.3 Å². The van der Waals surface area contributed by atoms with Crippen molar-refractivity contribution in [2.45, 2.75) is 50.2 Å². The molecule has 0 aromatic rings. The van der Waals surface area contributed by atoms with Crippen molar-refractivity contribution in [3.05, 3.63) is 0 Å². The topological polar surface area (TPSA) is 37.4 Å². The van der Waals surface area contributed by atoms with Crippen LogP contribution >= 0.6 is 11.6 Å². The van der Waals surface area contributed by atoms with E-state index in [1.54, 1.807) is 4.31 Å². The van der Waals surface area contributed by atoms with Crippen LogP contribution in [-0.2, 0) is 10.0 Å². The van der Waals surface area contributed by atoms with Gasteiger partial charge in [0.15, 0.2) is 0 Å². The van der Waals surface area contributed by atoms with E-state index in [1.165, 1.54) is 6.42 Å². The molecule has 3 nitrogen and oxygen atoms in total. The maximum absolute atomic E-state index is 12.5. The van der Waals surface area contributed by atoms with Gasteiger partial charge in [-0.25, -0.2) is 12.7 Å². The zero-order valence-electron chi connectivity index (χ0n) is 10.3. The van der Waals surface area contributed by atoms with E-state index in [1.807, 2.05) is 0 Å². The van der Waals surface area contributed by atoms with Crippen molar-refractivity contribution < 1.29 is 8.42 Å². The Bertz CT molecular complexity index is 338. The van der Waals surface area contributed by atoms with Crippen LogP contribution < -0.4 is 0 Å². The van der Waals surface area contributed by atoms with Crippen molar-refractivity contribution in [1.82, 2.24) is 4.31 Å². The minimum absolute atomic E-state index is 0.120. The normalized spacial score (nSPS) is 29.4. The summed E-state index contributed by atoms with van der Waals surface area (Å²) in [5.41, 5.74) is 0. The van der Waals surface area contributed by atoms with Gasteiger partial charge in [0.05, 0.1) is 5.25 Å². The van der Waals surface area contributed by atoms with Gasteiger partial charge in [0.2, 0.25) is 10.0 Å². The molecule has 1 atom stereocenters. The molecule has 0 bridgehead atoms. The van der Waals surface area contributed by atoms with Crippen molar-refractivity contribution in [2.24, 2.45) is 5.92 Å². The summed E-state index contributed by atoms with van der Waals surface area (Å²) in [4.78, 5) is 0. The van der Waals surface area contributed by atoms with Gasteiger partial charge in [-0.15, -0.1) is 11.6 Å². The molecule has 2 aliphatic rings. The molecule has 1 aliphatic carbocycles. The molecule has 0 radical (unpaired) electrons. The molecule has 0 aromatic heterocycles. The smallest absolute Gasteiger partial charge is 0.212 e. The SMILES string of the molecule is O=S(=O)(C1CCCCC1)N1CCCC(CCl)C1. The molecule has 0 amide bonds. The van der Waals surface area contributed by atoms with Crippen LogP contribution in [-0.4, -0.2) is 36.9 Å². The van der Waals surface area contributed by atoms with Crippen LogP contribution in [0, 0.1) is 5.92 Å². The number of halogens is 1. The van der Waals surface area contributed by atoms with Crippen molar-refractivity contribution in [2.75, 3.05) is 19.0 Å². The number of rotatable bonds is 3. The Balaban J connectivity index is 2.03. The Morgan fingerprint density at radius 3 is 2.41 bits per heavy atom. The summed E-state index contributed by atoms with van der Waals surface area (Å²) < 4.78 is 26.7. The van der Waals surface area contributed by atoms with Gasteiger partial charge in [-0.05, 0) is 31.6 Å². The van der Waals surface area contributed by atoms with Crippen molar-refractivity contribution in [3.8, 4) is 0 Å². The van der Waals surface area contributed by atoms with Crippen LogP contribution in [0.25, 0.3) is 0 Å². The largest absolute Gasteiger partial charge is 0.216 e. The number of alkyl halides is 1. The minimum atomic E-state index is -3.05. The molecular weight excluding hydrogens is 258 g/mol. The monoisotopic (exact) mass is 279 g/mol. The average Bonchev–Trinajstić information content (AvgIpc) is 2.40. The highest BCUT2D eigenvalue weighted by molar-refractivity contribution is 7.89. The summed E-state index contributed by atoms with van der Waals surface area (Å²) in [5.74, 6) is 0.931. The Morgan fingerprint density at radius 2 is 1.76 bits per heavy atom. The zero-order valence-corrected chi connectivity index (χ0v) is 11.8. The lowest BCUT2D eigenvalue weighted by Gasteiger charge is -2.34. The van der Waals surface area contributed by atoms with Gasteiger partial charge in [-0.3, -0.25) is 0 Å². The van der Waals surface area contributed by atoms with Crippen molar-refractivity contribution in [3.63, 3.8) is 0 Å². The molecule has 5 heteroatoms. The lowest BCUT2D eigenvalue weighted by Crippen LogP contribution is -2.45. The second-order valence-electron chi connectivity index (χ2n) is 5.33. The summed E-state index contributed by atoms with van der Waals surface area (Å²) in [7, 11) is -3.05. The van der Waals surface area contributed by atoms with Crippen LogP contribution in [0.2, 0.25) is 0 Å². The number of hydrogen-bond donors (Lipinski definition) is 0. The Kier molecular flexibility index (Phi) is 4.72. The maximum atomic E-state index is 12.5. The number of piperidine rings is 1. The fraction of sp³-hybridized carbons (Fsp3) is 1.00. The molecule has 1 heterocycles. The fourth-order valence-electron chi connectivity index (χ4n) is 2.96. The molecule has 0 aromatic carbocycles. The van der Waals surface area contributed by atoms with Crippen LogP contribution in [0.1, 0.15) is 44.9 Å². The highest BCUT2D eigenvalue weighted by Gasteiger charge is 2.35. The lowest BCUT2D eigenvalue weighted by atomic mass is 10.0. The molecule has 2 fully saturated rings. The lowest BCUT2D eigenvalue weighted by molar-refractivity contribution is 0.277. The molecule has 1 unspecified atom stereocenters. The van der Waals surface area contributed by atoms with Gasteiger partial charge >= 0.3 is 0 Å². The molecule has 2 rings (SSSR count). The van der Waals surface area contributed by atoms with Gasteiger partial charge in [-0.2, -0.15) is 0 Å². The molecular formula is C12H22ClNO2S. The first-order chi connectivity index (χ1) is 8.14. The molecule has 1 saturated carbocycles. The van der Waals surface area contributed by atoms with Gasteiger partial charge in [0.25, 0.3) is 0 Å². The van der Waals surface area contributed by atoms with E-state index in [9.17, 15) is 8.42 Å². The van der Waals surface area contributed by atoms with E-state index < -0.39 is 10.0 Å². The van der Waals surface area contributed by atoms with E-state index in [2.05, 4.69) is 0 Å². The van der Waals surface area contributed by atoms with E-state index in [0.717, 1.165) is 38.5 Å². The standard InChI is InChI=1S/C12H22ClNO2S/c13-9-11-5-4-8-14(10-11)17(15,16)12-6-2-1-3-7-12/h11-12H,1-10H2. The predicted molar refractivity (Wildman–Crippen MR) is 70.8 cm³/mol. The first kappa shape index (κ1) is 13.6. The number of sulfonamides is 1. The first-order valence-electron chi connectivity index (χ1n) is 6.69. The third kappa shape index (κ3) is 3.15. The molecule has 0 N–H and O–H groups in total. The molecule has 17 heavy (non-hydrogen) atoms. The molecule has 1 aliphatic heterocycles. The Labute approximate surface area is 110 Å². The number of nitrogens with zero attached hydrogens (tertiary/aromatic N) is 1. The van der Waals surface area contributed by atoms with Gasteiger partial charge in [0.1, 0.15) is 0 Å². The second-order valence-corrected chi connectivity index (χ2v) is 7.85. The van der Waals surface area contributed by atoms with E-state index in [4.69, 9.17) is 11.6 Å². The third-order valence-electron chi connectivity index (χ3n) is 4.03. The van der Waals surface area contributed by atoms with Crippen LogP contribution in [0.15, 0.2) is 0 Å². The Hall–Kier alpha value is 0.200. The number of hydrogen-bond acceptors (Lipinski definition) is 2. The minimum Gasteiger partial charge on any atom is -0.212 e. The van der Waals surface area contributed by atoms with Gasteiger partial charge in [0, 0.05) is 19.0 Å². The van der Waals surface area contributed by atoms with Crippen LogP contribution in [0.4, 0.5) is 0 Å². The van der Waals surface area contributed by atoms with Crippen molar-refractivity contribution >= 4 is 21.6 Å². The maximum Gasteiger partial charge on any atom is 0.216 e. The summed E-state index contributed by atoms with van der Waals surface area (Å²) >= 11 is 5.86. The van der Waals surface area contributed by atoms with E-state index in [0.29, 0.717) is 24.9 Å².